The SMILES string of the molecule is CC(=N)CCCC(C)N1CCCCC1. The Labute approximate surface area is 88.2 Å². The summed E-state index contributed by atoms with van der Waals surface area (Å²) in [6, 6.07) is 0.731. The zero-order chi connectivity index (χ0) is 10.4. The Balaban J connectivity index is 2.13. The van der Waals surface area contributed by atoms with E-state index in [1.807, 2.05) is 6.92 Å². The highest BCUT2D eigenvalue weighted by Crippen LogP contribution is 2.15. The van der Waals surface area contributed by atoms with Crippen LogP contribution in [0.15, 0.2) is 0 Å². The van der Waals surface area contributed by atoms with Crippen LogP contribution < -0.4 is 0 Å². The number of hydrogen-bond acceptors (Lipinski definition) is 2. The van der Waals surface area contributed by atoms with Crippen LogP contribution >= 0.6 is 0 Å². The lowest BCUT2D eigenvalue weighted by Gasteiger charge is -2.32. The van der Waals surface area contributed by atoms with Gasteiger partial charge in [-0.15, -0.1) is 0 Å². The Morgan fingerprint density at radius 2 is 1.93 bits per heavy atom. The van der Waals surface area contributed by atoms with Gasteiger partial charge in [-0.05, 0) is 59.0 Å². The van der Waals surface area contributed by atoms with Gasteiger partial charge in [0.2, 0.25) is 0 Å². The molecule has 2 heteroatoms. The molecule has 1 aliphatic heterocycles. The largest absolute Gasteiger partial charge is 0.310 e. The molecule has 1 saturated heterocycles. The van der Waals surface area contributed by atoms with E-state index in [9.17, 15) is 0 Å². The van der Waals surface area contributed by atoms with Gasteiger partial charge in [0.25, 0.3) is 0 Å². The van der Waals surface area contributed by atoms with Crippen LogP contribution in [0, 0.1) is 5.41 Å². The van der Waals surface area contributed by atoms with Crippen molar-refractivity contribution in [3.8, 4) is 0 Å². The number of hydrogen-bond donors (Lipinski definition) is 1. The molecule has 1 heterocycles. The van der Waals surface area contributed by atoms with Gasteiger partial charge in [-0.1, -0.05) is 6.42 Å². The van der Waals surface area contributed by atoms with Gasteiger partial charge in [0.1, 0.15) is 0 Å². The number of nitrogens with zero attached hydrogens (tertiary/aromatic N) is 1. The average Bonchev–Trinajstić information content (AvgIpc) is 2.18. The fourth-order valence-electron chi connectivity index (χ4n) is 2.20. The van der Waals surface area contributed by atoms with Crippen LogP contribution in [-0.2, 0) is 0 Å². The maximum atomic E-state index is 7.37. The minimum absolute atomic E-state index is 0.731. The molecule has 0 spiro atoms. The first-order valence-corrected chi connectivity index (χ1v) is 5.98. The summed E-state index contributed by atoms with van der Waals surface area (Å²) in [6.07, 6.45) is 7.62. The Kier molecular flexibility index (Phi) is 5.16. The molecule has 0 aromatic carbocycles. The second kappa shape index (κ2) is 6.18. The highest BCUT2D eigenvalue weighted by atomic mass is 15.1. The third-order valence-electron chi connectivity index (χ3n) is 3.19. The minimum atomic E-state index is 0.731. The first-order valence-electron chi connectivity index (χ1n) is 5.98. The Morgan fingerprint density at radius 1 is 1.29 bits per heavy atom. The molecule has 0 saturated carbocycles. The van der Waals surface area contributed by atoms with E-state index in [-0.39, 0.29) is 0 Å². The minimum Gasteiger partial charge on any atom is -0.310 e. The molecule has 0 bridgehead atoms. The maximum Gasteiger partial charge on any atom is 0.00670 e. The fraction of sp³-hybridized carbons (Fsp3) is 0.917. The molecule has 0 radical (unpaired) electrons. The molecule has 14 heavy (non-hydrogen) atoms. The van der Waals surface area contributed by atoms with Crippen LogP contribution in [0.25, 0.3) is 0 Å². The summed E-state index contributed by atoms with van der Waals surface area (Å²) in [5.41, 5.74) is 0.829. The van der Waals surface area contributed by atoms with Crippen molar-refractivity contribution in [2.75, 3.05) is 13.1 Å². The summed E-state index contributed by atoms with van der Waals surface area (Å²) in [7, 11) is 0. The van der Waals surface area contributed by atoms with Crippen molar-refractivity contribution in [2.45, 2.75) is 58.4 Å². The summed E-state index contributed by atoms with van der Waals surface area (Å²) in [5.74, 6) is 0. The van der Waals surface area contributed by atoms with Crippen LogP contribution in [-0.4, -0.2) is 29.7 Å². The molecular formula is C12H24N2. The lowest BCUT2D eigenvalue weighted by atomic mass is 10.0. The van der Waals surface area contributed by atoms with Gasteiger partial charge in [-0.3, -0.25) is 0 Å². The van der Waals surface area contributed by atoms with E-state index in [2.05, 4.69) is 11.8 Å². The van der Waals surface area contributed by atoms with E-state index >= 15 is 0 Å². The molecule has 1 rings (SSSR count). The van der Waals surface area contributed by atoms with Crippen LogP contribution in [0.3, 0.4) is 0 Å². The van der Waals surface area contributed by atoms with Crippen molar-refractivity contribution in [1.29, 1.82) is 5.41 Å². The normalized spacial score (nSPS) is 20.7. The second-order valence-corrected chi connectivity index (χ2v) is 4.62. The summed E-state index contributed by atoms with van der Waals surface area (Å²) >= 11 is 0. The van der Waals surface area contributed by atoms with Gasteiger partial charge >= 0.3 is 0 Å². The van der Waals surface area contributed by atoms with E-state index in [1.165, 1.54) is 45.2 Å². The predicted octanol–water partition coefficient (Wildman–Crippen LogP) is 3.07. The van der Waals surface area contributed by atoms with Crippen molar-refractivity contribution in [1.82, 2.24) is 4.90 Å². The molecular weight excluding hydrogens is 172 g/mol. The molecule has 0 amide bonds. The molecule has 2 nitrogen and oxygen atoms in total. The van der Waals surface area contributed by atoms with Gasteiger partial charge in [-0.2, -0.15) is 0 Å². The smallest absolute Gasteiger partial charge is 0.00670 e. The standard InChI is InChI=1S/C12H24N2/c1-11(13)7-6-8-12(2)14-9-4-3-5-10-14/h12-13H,3-10H2,1-2H3. The van der Waals surface area contributed by atoms with Crippen LogP contribution in [0.1, 0.15) is 52.4 Å². The van der Waals surface area contributed by atoms with E-state index < -0.39 is 0 Å². The monoisotopic (exact) mass is 196 g/mol. The van der Waals surface area contributed by atoms with Crippen LogP contribution in [0.5, 0.6) is 0 Å². The molecule has 1 N–H and O–H groups in total. The zero-order valence-electron chi connectivity index (χ0n) is 9.68. The van der Waals surface area contributed by atoms with Gasteiger partial charge in [0.15, 0.2) is 0 Å². The van der Waals surface area contributed by atoms with Crippen molar-refractivity contribution in [3.63, 3.8) is 0 Å². The number of likely N-dealkylation sites (tertiary alicyclic amines) is 1. The van der Waals surface area contributed by atoms with E-state index in [0.29, 0.717) is 0 Å². The predicted molar refractivity (Wildman–Crippen MR) is 62.1 cm³/mol. The Morgan fingerprint density at radius 3 is 2.50 bits per heavy atom. The second-order valence-electron chi connectivity index (χ2n) is 4.62. The van der Waals surface area contributed by atoms with Crippen LogP contribution in [0.4, 0.5) is 0 Å². The van der Waals surface area contributed by atoms with Crippen molar-refractivity contribution >= 4 is 5.71 Å². The van der Waals surface area contributed by atoms with Crippen LogP contribution in [0.2, 0.25) is 0 Å². The topological polar surface area (TPSA) is 27.1 Å². The summed E-state index contributed by atoms with van der Waals surface area (Å²) in [4.78, 5) is 2.61. The summed E-state index contributed by atoms with van der Waals surface area (Å²) in [6.45, 7) is 6.84. The zero-order valence-corrected chi connectivity index (χ0v) is 9.68. The summed E-state index contributed by atoms with van der Waals surface area (Å²) in [5, 5.41) is 7.37. The molecule has 0 aliphatic carbocycles. The van der Waals surface area contributed by atoms with Crippen molar-refractivity contribution < 1.29 is 0 Å². The Bertz CT molecular complexity index is 171. The number of nitrogens with one attached hydrogen (secondary N) is 1. The quantitative estimate of drug-likeness (QED) is 0.672. The third-order valence-corrected chi connectivity index (χ3v) is 3.19. The van der Waals surface area contributed by atoms with Gasteiger partial charge < -0.3 is 10.3 Å². The van der Waals surface area contributed by atoms with E-state index in [1.54, 1.807) is 0 Å². The van der Waals surface area contributed by atoms with Crippen molar-refractivity contribution in [3.05, 3.63) is 0 Å². The first-order chi connectivity index (χ1) is 6.70. The molecule has 1 fully saturated rings. The van der Waals surface area contributed by atoms with Gasteiger partial charge in [0.05, 0.1) is 0 Å². The van der Waals surface area contributed by atoms with E-state index in [0.717, 1.165) is 18.2 Å². The summed E-state index contributed by atoms with van der Waals surface area (Å²) < 4.78 is 0. The lowest BCUT2D eigenvalue weighted by molar-refractivity contribution is 0.165. The first kappa shape index (κ1) is 11.7. The molecule has 1 aliphatic rings. The van der Waals surface area contributed by atoms with Crippen molar-refractivity contribution in [2.24, 2.45) is 0 Å². The van der Waals surface area contributed by atoms with Gasteiger partial charge in [-0.25, -0.2) is 0 Å². The lowest BCUT2D eigenvalue weighted by Crippen LogP contribution is -2.37. The number of piperidine rings is 1. The number of rotatable bonds is 5. The average molecular weight is 196 g/mol. The molecule has 1 atom stereocenters. The highest BCUT2D eigenvalue weighted by molar-refractivity contribution is 5.78. The molecule has 1 unspecified atom stereocenters. The van der Waals surface area contributed by atoms with E-state index in [4.69, 9.17) is 5.41 Å². The molecule has 82 valence electrons. The molecule has 0 aromatic rings. The highest BCUT2D eigenvalue weighted by Gasteiger charge is 2.15. The third kappa shape index (κ3) is 4.23. The van der Waals surface area contributed by atoms with Gasteiger partial charge in [0, 0.05) is 11.8 Å². The molecule has 0 aromatic heterocycles. The fourth-order valence-corrected chi connectivity index (χ4v) is 2.20. The Hall–Kier alpha value is -0.370. The maximum absolute atomic E-state index is 7.37.